The largest absolute Gasteiger partial charge is 0.391 e. The highest BCUT2D eigenvalue weighted by Gasteiger charge is 2.17. The zero-order chi connectivity index (χ0) is 22.7. The summed E-state index contributed by atoms with van der Waals surface area (Å²) in [6, 6.07) is 22.6. The summed E-state index contributed by atoms with van der Waals surface area (Å²) in [6.45, 7) is 6.29. The molecule has 0 aliphatic carbocycles. The molecule has 3 nitrogen and oxygen atoms in total. The molecule has 5 heteroatoms. The third-order valence-electron chi connectivity index (χ3n) is 5.54. The van der Waals surface area contributed by atoms with Crippen LogP contribution in [0.2, 0.25) is 0 Å². The summed E-state index contributed by atoms with van der Waals surface area (Å²) >= 11 is 0. The summed E-state index contributed by atoms with van der Waals surface area (Å²) in [4.78, 5) is 5.64. The first-order valence-electron chi connectivity index (χ1n) is 10.4. The first-order chi connectivity index (χ1) is 15.4. The molecule has 0 saturated heterocycles. The molecule has 1 heterocycles. The van der Waals surface area contributed by atoms with Gasteiger partial charge in [0.05, 0.1) is 11.4 Å². The van der Waals surface area contributed by atoms with Crippen molar-refractivity contribution in [3.05, 3.63) is 113 Å². The first-order valence-corrected chi connectivity index (χ1v) is 10.4. The fourth-order valence-electron chi connectivity index (χ4n) is 3.75. The van der Waals surface area contributed by atoms with E-state index < -0.39 is 0 Å². The molecule has 3 aromatic carbocycles. The summed E-state index contributed by atoms with van der Waals surface area (Å²) in [6.07, 6.45) is 0. The molecular formula is C27H24F2N2O. The maximum atomic E-state index is 13.5. The van der Waals surface area contributed by atoms with Crippen molar-refractivity contribution in [2.24, 2.45) is 5.16 Å². The summed E-state index contributed by atoms with van der Waals surface area (Å²) in [5.41, 5.74) is 7.30. The molecular weight excluding hydrogens is 406 g/mol. The van der Waals surface area contributed by atoms with Crippen LogP contribution in [-0.2, 0) is 11.4 Å². The number of hydrogen-bond acceptors (Lipinski definition) is 2. The van der Waals surface area contributed by atoms with E-state index in [0.29, 0.717) is 6.61 Å². The molecule has 32 heavy (non-hydrogen) atoms. The second-order valence-corrected chi connectivity index (χ2v) is 7.72. The summed E-state index contributed by atoms with van der Waals surface area (Å²) < 4.78 is 29.0. The maximum Gasteiger partial charge on any atom is 0.142 e. The molecule has 1 aromatic heterocycles. The smallest absolute Gasteiger partial charge is 0.142 e. The molecule has 0 bridgehead atoms. The second-order valence-electron chi connectivity index (χ2n) is 7.72. The predicted octanol–water partition coefficient (Wildman–Crippen LogP) is 6.98. The minimum atomic E-state index is -0.301. The third kappa shape index (κ3) is 4.47. The summed E-state index contributed by atoms with van der Waals surface area (Å²) in [5.74, 6) is -0.600. The highest BCUT2D eigenvalue weighted by molar-refractivity contribution is 6.01. The van der Waals surface area contributed by atoms with Gasteiger partial charge in [-0.3, -0.25) is 0 Å². The van der Waals surface area contributed by atoms with E-state index in [2.05, 4.69) is 5.16 Å². The molecule has 0 saturated carbocycles. The van der Waals surface area contributed by atoms with Crippen LogP contribution >= 0.6 is 0 Å². The van der Waals surface area contributed by atoms with Gasteiger partial charge >= 0.3 is 0 Å². The van der Waals surface area contributed by atoms with Crippen LogP contribution in [-0.4, -0.2) is 10.3 Å². The molecule has 0 N–H and O–H groups in total. The number of aromatic nitrogens is 1. The van der Waals surface area contributed by atoms with Crippen molar-refractivity contribution in [1.82, 2.24) is 4.57 Å². The minimum Gasteiger partial charge on any atom is -0.391 e. The monoisotopic (exact) mass is 430 g/mol. The van der Waals surface area contributed by atoms with Gasteiger partial charge in [-0.1, -0.05) is 29.4 Å². The predicted molar refractivity (Wildman–Crippen MR) is 124 cm³/mol. The zero-order valence-electron chi connectivity index (χ0n) is 18.3. The lowest BCUT2D eigenvalue weighted by Crippen LogP contribution is -2.03. The van der Waals surface area contributed by atoms with E-state index in [1.54, 1.807) is 24.3 Å². The van der Waals surface area contributed by atoms with Gasteiger partial charge in [-0.15, -0.1) is 0 Å². The van der Waals surface area contributed by atoms with Gasteiger partial charge in [0, 0.05) is 16.9 Å². The van der Waals surface area contributed by atoms with Gasteiger partial charge in [0.2, 0.25) is 0 Å². The van der Waals surface area contributed by atoms with E-state index in [9.17, 15) is 8.78 Å². The Balaban J connectivity index is 1.72. The van der Waals surface area contributed by atoms with Gasteiger partial charge in [0.1, 0.15) is 18.2 Å². The molecule has 0 aliphatic rings. The van der Waals surface area contributed by atoms with Gasteiger partial charge in [-0.2, -0.15) is 0 Å². The molecule has 0 amide bonds. The Morgan fingerprint density at radius 3 is 2.16 bits per heavy atom. The molecule has 0 unspecified atom stereocenters. The average molecular weight is 430 g/mol. The van der Waals surface area contributed by atoms with E-state index in [0.717, 1.165) is 45.0 Å². The maximum absolute atomic E-state index is 13.5. The fraction of sp³-hybridized carbons (Fsp3) is 0.148. The fourth-order valence-corrected chi connectivity index (χ4v) is 3.75. The van der Waals surface area contributed by atoms with Crippen LogP contribution in [0.15, 0.2) is 84.0 Å². The lowest BCUT2D eigenvalue weighted by atomic mass is 10.1. The lowest BCUT2D eigenvalue weighted by molar-refractivity contribution is 0.130. The van der Waals surface area contributed by atoms with Crippen LogP contribution in [0.1, 0.15) is 29.3 Å². The number of oxime groups is 1. The van der Waals surface area contributed by atoms with Crippen LogP contribution in [0, 0.1) is 25.5 Å². The van der Waals surface area contributed by atoms with E-state index in [1.165, 1.54) is 24.3 Å². The van der Waals surface area contributed by atoms with Crippen molar-refractivity contribution in [2.45, 2.75) is 27.4 Å². The zero-order valence-corrected chi connectivity index (χ0v) is 18.3. The third-order valence-corrected chi connectivity index (χ3v) is 5.54. The Labute approximate surface area is 186 Å². The molecule has 162 valence electrons. The molecule has 0 aliphatic heterocycles. The number of hydrogen-bond donors (Lipinski definition) is 0. The topological polar surface area (TPSA) is 26.5 Å². The Hall–Kier alpha value is -3.73. The van der Waals surface area contributed by atoms with Gasteiger partial charge in [-0.25, -0.2) is 8.78 Å². The number of rotatable bonds is 6. The van der Waals surface area contributed by atoms with Gasteiger partial charge in [0.25, 0.3) is 0 Å². The Kier molecular flexibility index (Phi) is 6.17. The summed E-state index contributed by atoms with van der Waals surface area (Å²) in [5, 5.41) is 4.34. The van der Waals surface area contributed by atoms with Gasteiger partial charge in [-0.05, 0) is 92.1 Å². The van der Waals surface area contributed by atoms with Crippen LogP contribution < -0.4 is 0 Å². The van der Waals surface area contributed by atoms with Crippen molar-refractivity contribution in [2.75, 3.05) is 0 Å². The van der Waals surface area contributed by atoms with Gasteiger partial charge in [0.15, 0.2) is 0 Å². The van der Waals surface area contributed by atoms with Crippen molar-refractivity contribution >= 4 is 5.71 Å². The normalized spacial score (nSPS) is 11.6. The lowest BCUT2D eigenvalue weighted by Gasteiger charge is -2.12. The molecule has 0 atom stereocenters. The van der Waals surface area contributed by atoms with Crippen molar-refractivity contribution in [3.8, 4) is 16.9 Å². The van der Waals surface area contributed by atoms with Crippen LogP contribution in [0.25, 0.3) is 16.9 Å². The Morgan fingerprint density at radius 2 is 1.50 bits per heavy atom. The SMILES string of the molecule is CC(=NOCc1ccccc1C)c1cc(-c2ccc(F)cc2)n(-c2ccc(F)cc2)c1C. The van der Waals surface area contributed by atoms with Crippen LogP contribution in [0.3, 0.4) is 0 Å². The molecule has 0 spiro atoms. The first kappa shape index (κ1) is 21.5. The molecule has 0 radical (unpaired) electrons. The van der Waals surface area contributed by atoms with E-state index in [1.807, 2.05) is 55.7 Å². The molecule has 0 fully saturated rings. The number of halogens is 2. The van der Waals surface area contributed by atoms with Crippen LogP contribution in [0.4, 0.5) is 8.78 Å². The Bertz CT molecular complexity index is 1260. The van der Waals surface area contributed by atoms with E-state index in [4.69, 9.17) is 4.84 Å². The number of aryl methyl sites for hydroxylation is 1. The second kappa shape index (κ2) is 9.18. The highest BCUT2D eigenvalue weighted by atomic mass is 19.1. The standard InChI is InChI=1S/C27H24F2N2O/c1-18-6-4-5-7-22(18)17-32-30-19(2)26-16-27(21-8-10-23(28)11-9-21)31(20(26)3)25-14-12-24(29)13-15-25/h4-16H,17H2,1-3H3. The molecule has 4 aromatic rings. The summed E-state index contributed by atoms with van der Waals surface area (Å²) in [7, 11) is 0. The quantitative estimate of drug-likeness (QED) is 0.239. The van der Waals surface area contributed by atoms with Crippen molar-refractivity contribution in [3.63, 3.8) is 0 Å². The van der Waals surface area contributed by atoms with Crippen molar-refractivity contribution < 1.29 is 13.6 Å². The van der Waals surface area contributed by atoms with Gasteiger partial charge < -0.3 is 9.40 Å². The molecule has 4 rings (SSSR count). The van der Waals surface area contributed by atoms with E-state index in [-0.39, 0.29) is 11.6 Å². The van der Waals surface area contributed by atoms with Crippen LogP contribution in [0.5, 0.6) is 0 Å². The van der Waals surface area contributed by atoms with Crippen molar-refractivity contribution in [1.29, 1.82) is 0 Å². The number of nitrogens with zero attached hydrogens (tertiary/aromatic N) is 2. The van der Waals surface area contributed by atoms with E-state index >= 15 is 0 Å². The average Bonchev–Trinajstić information content (AvgIpc) is 3.13. The Morgan fingerprint density at radius 1 is 0.875 bits per heavy atom. The highest BCUT2D eigenvalue weighted by Crippen LogP contribution is 2.30. The number of benzene rings is 3. The minimum absolute atomic E-state index is 0.298.